The van der Waals surface area contributed by atoms with E-state index in [1.807, 2.05) is 14.1 Å². The first-order valence-corrected chi connectivity index (χ1v) is 7.03. The summed E-state index contributed by atoms with van der Waals surface area (Å²) in [5, 5.41) is 11.1. The van der Waals surface area contributed by atoms with Crippen LogP contribution in [0.4, 0.5) is 0 Å². The fourth-order valence-electron chi connectivity index (χ4n) is 1.87. The molecule has 0 bridgehead atoms. The Hall–Kier alpha value is -1.66. The molecule has 1 N–H and O–H groups in total. The van der Waals surface area contributed by atoms with Crippen molar-refractivity contribution in [2.75, 3.05) is 20.6 Å². The Morgan fingerprint density at radius 2 is 2.42 bits per heavy atom. The van der Waals surface area contributed by atoms with Crippen molar-refractivity contribution in [3.05, 3.63) is 40.8 Å². The monoisotopic (exact) mass is 278 g/mol. The number of hydrogen-bond donors (Lipinski definition) is 1. The van der Waals surface area contributed by atoms with Crippen LogP contribution in [0.25, 0.3) is 0 Å². The molecule has 1 amide bonds. The van der Waals surface area contributed by atoms with Gasteiger partial charge in [0.05, 0.1) is 6.04 Å². The van der Waals surface area contributed by atoms with Crippen LogP contribution in [-0.4, -0.2) is 41.2 Å². The van der Waals surface area contributed by atoms with Gasteiger partial charge in [0, 0.05) is 18.9 Å². The molecule has 0 spiro atoms. The van der Waals surface area contributed by atoms with E-state index in [1.165, 1.54) is 5.56 Å². The Labute approximate surface area is 116 Å². The van der Waals surface area contributed by atoms with E-state index in [0.717, 1.165) is 0 Å². The van der Waals surface area contributed by atoms with Gasteiger partial charge in [0.15, 0.2) is 0 Å². The van der Waals surface area contributed by atoms with Crippen LogP contribution in [-0.2, 0) is 11.3 Å². The number of hydrogen-bond acceptors (Lipinski definition) is 4. The Balaban J connectivity index is 1.87. The van der Waals surface area contributed by atoms with Crippen LogP contribution in [0.3, 0.4) is 0 Å². The van der Waals surface area contributed by atoms with Crippen LogP contribution in [0.1, 0.15) is 11.6 Å². The molecular formula is C13H18N4OS. The zero-order valence-corrected chi connectivity index (χ0v) is 11.9. The highest BCUT2D eigenvalue weighted by atomic mass is 32.1. The van der Waals surface area contributed by atoms with E-state index in [2.05, 4.69) is 32.1 Å². The summed E-state index contributed by atoms with van der Waals surface area (Å²) in [5.74, 6) is -0.0224. The van der Waals surface area contributed by atoms with E-state index in [0.29, 0.717) is 6.54 Å². The largest absolute Gasteiger partial charge is 0.353 e. The smallest absolute Gasteiger partial charge is 0.241 e. The lowest BCUT2D eigenvalue weighted by molar-refractivity contribution is -0.122. The van der Waals surface area contributed by atoms with Gasteiger partial charge in [0.25, 0.3) is 0 Å². The lowest BCUT2D eigenvalue weighted by atomic mass is 10.1. The first kappa shape index (κ1) is 13.8. The summed E-state index contributed by atoms with van der Waals surface area (Å²) in [6, 6.07) is 4.10. The van der Waals surface area contributed by atoms with E-state index in [9.17, 15) is 4.79 Å². The van der Waals surface area contributed by atoms with Crippen molar-refractivity contribution in [3.63, 3.8) is 0 Å². The number of nitrogens with one attached hydrogen (secondary N) is 1. The van der Waals surface area contributed by atoms with Crippen LogP contribution >= 0.6 is 11.3 Å². The summed E-state index contributed by atoms with van der Waals surface area (Å²) in [5.41, 5.74) is 1.23. The first-order chi connectivity index (χ1) is 9.16. The third-order valence-corrected chi connectivity index (χ3v) is 3.61. The number of carbonyl (C=O) groups excluding carboxylic acids is 1. The highest BCUT2D eigenvalue weighted by molar-refractivity contribution is 7.07. The van der Waals surface area contributed by atoms with Crippen molar-refractivity contribution in [2.24, 2.45) is 0 Å². The van der Waals surface area contributed by atoms with Gasteiger partial charge in [-0.3, -0.25) is 9.48 Å². The van der Waals surface area contributed by atoms with Crippen LogP contribution in [0, 0.1) is 0 Å². The molecule has 0 aromatic carbocycles. The second-order valence-electron chi connectivity index (χ2n) is 4.54. The highest BCUT2D eigenvalue weighted by Gasteiger charge is 2.15. The number of aromatic nitrogens is 2. The highest BCUT2D eigenvalue weighted by Crippen LogP contribution is 2.19. The summed E-state index contributed by atoms with van der Waals surface area (Å²) in [6.45, 7) is 0.862. The van der Waals surface area contributed by atoms with E-state index in [4.69, 9.17) is 0 Å². The normalized spacial score (nSPS) is 12.6. The van der Waals surface area contributed by atoms with Crippen molar-refractivity contribution in [3.8, 4) is 0 Å². The summed E-state index contributed by atoms with van der Waals surface area (Å²) in [6.07, 6.45) is 3.45. The van der Waals surface area contributed by atoms with E-state index < -0.39 is 0 Å². The molecule has 2 rings (SSSR count). The van der Waals surface area contributed by atoms with E-state index in [-0.39, 0.29) is 18.5 Å². The Morgan fingerprint density at radius 3 is 3.00 bits per heavy atom. The van der Waals surface area contributed by atoms with Crippen LogP contribution in [0.2, 0.25) is 0 Å². The summed E-state index contributed by atoms with van der Waals surface area (Å²) in [4.78, 5) is 13.9. The van der Waals surface area contributed by atoms with Crippen molar-refractivity contribution >= 4 is 17.2 Å². The fourth-order valence-corrected chi connectivity index (χ4v) is 2.58. The maximum absolute atomic E-state index is 11.8. The molecule has 0 saturated carbocycles. The van der Waals surface area contributed by atoms with Crippen molar-refractivity contribution in [2.45, 2.75) is 12.6 Å². The zero-order valence-electron chi connectivity index (χ0n) is 11.1. The van der Waals surface area contributed by atoms with Gasteiger partial charge in [-0.05, 0) is 42.6 Å². The zero-order chi connectivity index (χ0) is 13.7. The number of carbonyl (C=O) groups is 1. The van der Waals surface area contributed by atoms with Crippen molar-refractivity contribution in [1.82, 2.24) is 20.0 Å². The molecule has 2 aromatic rings. The number of nitrogens with zero attached hydrogens (tertiary/aromatic N) is 3. The molecule has 1 atom stereocenters. The molecule has 19 heavy (non-hydrogen) atoms. The topological polar surface area (TPSA) is 50.2 Å². The standard InChI is InChI=1S/C13H18N4OS/c1-16(2)12(11-4-7-19-10-11)8-14-13(18)9-17-6-3-5-15-17/h3-7,10,12H,8-9H2,1-2H3,(H,14,18)/t12-/m0/s1. The molecule has 0 aliphatic heterocycles. The fraction of sp³-hybridized carbons (Fsp3) is 0.385. The van der Waals surface area contributed by atoms with Gasteiger partial charge in [-0.25, -0.2) is 0 Å². The molecule has 0 unspecified atom stereocenters. The third-order valence-electron chi connectivity index (χ3n) is 2.91. The minimum absolute atomic E-state index is 0.0224. The maximum Gasteiger partial charge on any atom is 0.241 e. The van der Waals surface area contributed by atoms with Gasteiger partial charge in [0.2, 0.25) is 5.91 Å². The lowest BCUT2D eigenvalue weighted by Gasteiger charge is -2.24. The van der Waals surface area contributed by atoms with Crippen molar-refractivity contribution < 1.29 is 4.79 Å². The maximum atomic E-state index is 11.8. The quantitative estimate of drug-likeness (QED) is 0.868. The third kappa shape index (κ3) is 3.90. The molecule has 0 fully saturated rings. The molecule has 0 aliphatic rings. The second-order valence-corrected chi connectivity index (χ2v) is 5.32. The molecule has 0 radical (unpaired) electrons. The Bertz CT molecular complexity index is 493. The van der Waals surface area contributed by atoms with Gasteiger partial charge in [0.1, 0.15) is 6.54 Å². The number of thiophene rings is 1. The lowest BCUT2D eigenvalue weighted by Crippen LogP contribution is -2.36. The molecule has 6 heteroatoms. The summed E-state index contributed by atoms with van der Waals surface area (Å²) < 4.78 is 1.62. The summed E-state index contributed by atoms with van der Waals surface area (Å²) in [7, 11) is 4.03. The molecule has 102 valence electrons. The van der Waals surface area contributed by atoms with Gasteiger partial charge in [-0.2, -0.15) is 16.4 Å². The summed E-state index contributed by atoms with van der Waals surface area (Å²) >= 11 is 1.67. The van der Waals surface area contributed by atoms with Crippen molar-refractivity contribution in [1.29, 1.82) is 0 Å². The predicted molar refractivity (Wildman–Crippen MR) is 76.0 cm³/mol. The van der Waals surface area contributed by atoms with Gasteiger partial charge in [-0.1, -0.05) is 0 Å². The minimum atomic E-state index is -0.0224. The molecular weight excluding hydrogens is 260 g/mol. The predicted octanol–water partition coefficient (Wildman–Crippen LogP) is 1.36. The number of likely N-dealkylation sites (N-methyl/N-ethyl adjacent to an activating group) is 1. The first-order valence-electron chi connectivity index (χ1n) is 6.09. The molecule has 2 heterocycles. The Kier molecular flexibility index (Phi) is 4.70. The van der Waals surface area contributed by atoms with Gasteiger partial charge < -0.3 is 10.2 Å². The molecule has 2 aromatic heterocycles. The molecule has 0 saturated heterocycles. The average Bonchev–Trinajstić information content (AvgIpc) is 3.01. The molecule has 5 nitrogen and oxygen atoms in total. The van der Waals surface area contributed by atoms with Crippen LogP contribution in [0.5, 0.6) is 0 Å². The van der Waals surface area contributed by atoms with Gasteiger partial charge in [-0.15, -0.1) is 0 Å². The minimum Gasteiger partial charge on any atom is -0.353 e. The number of amides is 1. The second kappa shape index (κ2) is 6.49. The molecule has 0 aliphatic carbocycles. The SMILES string of the molecule is CN(C)[C@@H](CNC(=O)Cn1cccn1)c1ccsc1. The van der Waals surface area contributed by atoms with Gasteiger partial charge >= 0.3 is 0 Å². The number of rotatable bonds is 6. The van der Waals surface area contributed by atoms with E-state index in [1.54, 1.807) is 34.5 Å². The van der Waals surface area contributed by atoms with E-state index >= 15 is 0 Å². The average molecular weight is 278 g/mol. The van der Waals surface area contributed by atoms with Crippen LogP contribution < -0.4 is 5.32 Å². The Morgan fingerprint density at radius 1 is 1.58 bits per heavy atom. The van der Waals surface area contributed by atoms with Crippen LogP contribution in [0.15, 0.2) is 35.3 Å².